The maximum Gasteiger partial charge on any atom is 0.228 e. The predicted molar refractivity (Wildman–Crippen MR) is 126 cm³/mol. The standard InChI is InChI=1S/C23H26N8O2/c24-21-20(22-25-8-4-9-31(22)29-21)18-15-19(28-23(27-18)30-10-13-33-14-11-30)26-17(7-12-32)16-5-2-1-3-6-16/h1-6,8-9,15,17,32H,7,10-14H2,(H2,24,29)(H,26,27,28)/t17-/m0/s1. The topological polar surface area (TPSA) is 127 Å². The van der Waals surface area contributed by atoms with E-state index in [1.807, 2.05) is 36.4 Å². The van der Waals surface area contributed by atoms with Gasteiger partial charge in [-0.2, -0.15) is 4.98 Å². The Morgan fingerprint density at radius 3 is 2.73 bits per heavy atom. The molecule has 0 aliphatic carbocycles. The number of benzene rings is 1. The highest BCUT2D eigenvalue weighted by atomic mass is 16.5. The third-order valence-electron chi connectivity index (χ3n) is 5.63. The molecule has 4 N–H and O–H groups in total. The maximum atomic E-state index is 9.66. The highest BCUT2D eigenvalue weighted by molar-refractivity contribution is 5.85. The monoisotopic (exact) mass is 446 g/mol. The van der Waals surface area contributed by atoms with Crippen LogP contribution < -0.4 is 16.0 Å². The van der Waals surface area contributed by atoms with Gasteiger partial charge in [-0.3, -0.25) is 0 Å². The Balaban J connectivity index is 1.59. The van der Waals surface area contributed by atoms with Gasteiger partial charge in [0.25, 0.3) is 0 Å². The molecule has 10 nitrogen and oxygen atoms in total. The fourth-order valence-electron chi connectivity index (χ4n) is 4.01. The molecule has 1 aliphatic heterocycles. The van der Waals surface area contributed by atoms with Crippen molar-refractivity contribution in [1.82, 2.24) is 24.6 Å². The van der Waals surface area contributed by atoms with Gasteiger partial charge in [0, 0.05) is 38.2 Å². The van der Waals surface area contributed by atoms with Crippen LogP contribution in [0.25, 0.3) is 16.9 Å². The molecule has 33 heavy (non-hydrogen) atoms. The second-order valence-electron chi connectivity index (χ2n) is 7.81. The van der Waals surface area contributed by atoms with E-state index in [-0.39, 0.29) is 12.6 Å². The number of ether oxygens (including phenoxy) is 1. The van der Waals surface area contributed by atoms with Gasteiger partial charge in [-0.1, -0.05) is 30.3 Å². The molecule has 0 unspecified atom stereocenters. The van der Waals surface area contributed by atoms with Crippen LogP contribution >= 0.6 is 0 Å². The van der Waals surface area contributed by atoms with Crippen molar-refractivity contribution in [2.45, 2.75) is 12.5 Å². The van der Waals surface area contributed by atoms with E-state index in [2.05, 4.69) is 20.3 Å². The van der Waals surface area contributed by atoms with Crippen molar-refractivity contribution in [3.05, 3.63) is 60.4 Å². The van der Waals surface area contributed by atoms with Crippen molar-refractivity contribution in [3.63, 3.8) is 0 Å². The Hall–Kier alpha value is -3.76. The summed E-state index contributed by atoms with van der Waals surface area (Å²) in [5.41, 5.74) is 9.27. The third kappa shape index (κ3) is 4.43. The quantitative estimate of drug-likeness (QED) is 0.391. The number of nitrogen functional groups attached to an aromatic ring is 1. The fourth-order valence-corrected chi connectivity index (χ4v) is 4.01. The zero-order valence-corrected chi connectivity index (χ0v) is 18.1. The van der Waals surface area contributed by atoms with Crippen LogP contribution in [0.3, 0.4) is 0 Å². The molecule has 1 saturated heterocycles. The fraction of sp³-hybridized carbons (Fsp3) is 0.304. The summed E-state index contributed by atoms with van der Waals surface area (Å²) < 4.78 is 7.15. The summed E-state index contributed by atoms with van der Waals surface area (Å²) in [5, 5.41) is 17.5. The van der Waals surface area contributed by atoms with Gasteiger partial charge in [-0.25, -0.2) is 14.5 Å². The van der Waals surface area contributed by atoms with Crippen molar-refractivity contribution in [2.24, 2.45) is 0 Å². The third-order valence-corrected chi connectivity index (χ3v) is 5.63. The summed E-state index contributed by atoms with van der Waals surface area (Å²) >= 11 is 0. The minimum absolute atomic E-state index is 0.0474. The van der Waals surface area contributed by atoms with Gasteiger partial charge < -0.3 is 25.8 Å². The second kappa shape index (κ2) is 9.39. The largest absolute Gasteiger partial charge is 0.396 e. The molecule has 0 bridgehead atoms. The molecule has 0 amide bonds. The van der Waals surface area contributed by atoms with Gasteiger partial charge in [0.2, 0.25) is 5.95 Å². The lowest BCUT2D eigenvalue weighted by atomic mass is 10.0. The van der Waals surface area contributed by atoms with E-state index in [1.54, 1.807) is 23.0 Å². The van der Waals surface area contributed by atoms with Crippen LogP contribution in [-0.4, -0.2) is 62.6 Å². The van der Waals surface area contributed by atoms with Gasteiger partial charge in [-0.05, 0) is 18.1 Å². The molecule has 5 rings (SSSR count). The van der Waals surface area contributed by atoms with E-state index in [4.69, 9.17) is 20.4 Å². The molecule has 3 aromatic heterocycles. The molecule has 170 valence electrons. The first-order chi connectivity index (χ1) is 16.2. The molecule has 4 aromatic rings. The van der Waals surface area contributed by atoms with Crippen LogP contribution in [0.1, 0.15) is 18.0 Å². The first-order valence-corrected chi connectivity index (χ1v) is 11.0. The zero-order valence-electron chi connectivity index (χ0n) is 18.1. The number of fused-ring (bicyclic) bond motifs is 1. The smallest absolute Gasteiger partial charge is 0.228 e. The first-order valence-electron chi connectivity index (χ1n) is 11.0. The summed E-state index contributed by atoms with van der Waals surface area (Å²) in [7, 11) is 0. The van der Waals surface area contributed by atoms with Crippen LogP contribution in [0.4, 0.5) is 17.6 Å². The average molecular weight is 447 g/mol. The van der Waals surface area contributed by atoms with Crippen LogP contribution in [0.5, 0.6) is 0 Å². The van der Waals surface area contributed by atoms with Crippen LogP contribution in [0, 0.1) is 0 Å². The summed E-state index contributed by atoms with van der Waals surface area (Å²) in [6.07, 6.45) is 4.05. The Kier molecular flexibility index (Phi) is 6.01. The van der Waals surface area contributed by atoms with Crippen molar-refractivity contribution in [1.29, 1.82) is 0 Å². The molecule has 1 aromatic carbocycles. The van der Waals surface area contributed by atoms with Crippen molar-refractivity contribution in [3.8, 4) is 11.3 Å². The molecule has 10 heteroatoms. The summed E-state index contributed by atoms with van der Waals surface area (Å²) in [5.74, 6) is 1.57. The number of nitrogens with one attached hydrogen (secondary N) is 1. The number of nitrogens with two attached hydrogens (primary N) is 1. The van der Waals surface area contributed by atoms with E-state index in [1.165, 1.54) is 0 Å². The zero-order chi connectivity index (χ0) is 22.6. The van der Waals surface area contributed by atoms with Crippen molar-refractivity contribution >= 4 is 23.2 Å². The molecule has 0 radical (unpaired) electrons. The highest BCUT2D eigenvalue weighted by Gasteiger charge is 2.21. The van der Waals surface area contributed by atoms with Gasteiger partial charge in [0.15, 0.2) is 11.5 Å². The number of hydrogen-bond acceptors (Lipinski definition) is 9. The van der Waals surface area contributed by atoms with E-state index >= 15 is 0 Å². The first kappa shape index (κ1) is 21.1. The van der Waals surface area contributed by atoms with Gasteiger partial charge in [-0.15, -0.1) is 5.10 Å². The van der Waals surface area contributed by atoms with Gasteiger partial charge in [0.05, 0.1) is 30.5 Å². The minimum Gasteiger partial charge on any atom is -0.396 e. The van der Waals surface area contributed by atoms with E-state index in [0.717, 1.165) is 5.56 Å². The van der Waals surface area contributed by atoms with Crippen LogP contribution in [0.15, 0.2) is 54.9 Å². The molecular formula is C23H26N8O2. The van der Waals surface area contributed by atoms with E-state index in [0.29, 0.717) is 67.2 Å². The molecule has 0 spiro atoms. The number of rotatable bonds is 7. The molecule has 4 heterocycles. The highest BCUT2D eigenvalue weighted by Crippen LogP contribution is 2.32. The van der Waals surface area contributed by atoms with Crippen molar-refractivity contribution < 1.29 is 9.84 Å². The van der Waals surface area contributed by atoms with E-state index < -0.39 is 0 Å². The Labute approximate surface area is 191 Å². The molecule has 1 fully saturated rings. The lowest BCUT2D eigenvalue weighted by Gasteiger charge is -2.28. The Morgan fingerprint density at radius 1 is 1.12 bits per heavy atom. The normalized spacial score (nSPS) is 15.0. The summed E-state index contributed by atoms with van der Waals surface area (Å²) in [6.45, 7) is 2.68. The summed E-state index contributed by atoms with van der Waals surface area (Å²) in [4.78, 5) is 16.2. The average Bonchev–Trinajstić information content (AvgIpc) is 3.20. The number of anilines is 3. The van der Waals surface area contributed by atoms with E-state index in [9.17, 15) is 5.11 Å². The number of hydrogen-bond donors (Lipinski definition) is 3. The molecular weight excluding hydrogens is 420 g/mol. The number of morpholine rings is 1. The number of nitrogens with zero attached hydrogens (tertiary/aromatic N) is 6. The number of aliphatic hydroxyl groups is 1. The Bertz CT molecular complexity index is 1220. The maximum absolute atomic E-state index is 9.66. The molecule has 1 aliphatic rings. The van der Waals surface area contributed by atoms with Crippen LogP contribution in [-0.2, 0) is 4.74 Å². The molecule has 1 atom stereocenters. The second-order valence-corrected chi connectivity index (χ2v) is 7.81. The Morgan fingerprint density at radius 2 is 1.94 bits per heavy atom. The van der Waals surface area contributed by atoms with Gasteiger partial charge >= 0.3 is 0 Å². The minimum atomic E-state index is -0.115. The van der Waals surface area contributed by atoms with Crippen LogP contribution in [0.2, 0.25) is 0 Å². The molecule has 0 saturated carbocycles. The lowest BCUT2D eigenvalue weighted by molar-refractivity contribution is 0.122. The number of aliphatic hydroxyl groups excluding tert-OH is 1. The lowest BCUT2D eigenvalue weighted by Crippen LogP contribution is -2.37. The summed E-state index contributed by atoms with van der Waals surface area (Å²) in [6, 6.07) is 13.6. The van der Waals surface area contributed by atoms with Gasteiger partial charge in [0.1, 0.15) is 5.82 Å². The SMILES string of the molecule is Nc1nn2cccnc2c1-c1cc(N[C@@H](CCO)c2ccccc2)nc(N2CCOCC2)n1. The predicted octanol–water partition coefficient (Wildman–Crippen LogP) is 2.14. The van der Waals surface area contributed by atoms with Crippen molar-refractivity contribution in [2.75, 3.05) is 48.9 Å². The number of aromatic nitrogens is 5.